The summed E-state index contributed by atoms with van der Waals surface area (Å²) in [7, 11) is 3.51. The minimum absolute atomic E-state index is 0.112. The van der Waals surface area contributed by atoms with Gasteiger partial charge in [-0.1, -0.05) is 36.4 Å². The molecule has 1 aromatic heterocycles. The van der Waals surface area contributed by atoms with E-state index in [1.54, 1.807) is 19.4 Å². The molecule has 5 nitrogen and oxygen atoms in total. The number of hydrogen-bond donors (Lipinski definition) is 1. The van der Waals surface area contributed by atoms with E-state index in [4.69, 9.17) is 9.15 Å². The molecule has 0 fully saturated rings. The van der Waals surface area contributed by atoms with Crippen LogP contribution in [0, 0.1) is 0 Å². The monoisotopic (exact) mass is 350 g/mol. The molecule has 0 aliphatic rings. The summed E-state index contributed by atoms with van der Waals surface area (Å²) < 4.78 is 10.7. The molecular formula is C21H22N2O3. The number of likely N-dealkylation sites (N-methyl/N-ethyl adjacent to an activating group) is 1. The predicted octanol–water partition coefficient (Wildman–Crippen LogP) is 4.10. The van der Waals surface area contributed by atoms with Crippen molar-refractivity contribution in [2.75, 3.05) is 19.5 Å². The predicted molar refractivity (Wildman–Crippen MR) is 101 cm³/mol. The summed E-state index contributed by atoms with van der Waals surface area (Å²) in [5, 5.41) is 2.98. The molecule has 0 radical (unpaired) electrons. The number of carbonyl (C=O) groups excluding carboxylic acids is 1. The van der Waals surface area contributed by atoms with Gasteiger partial charge >= 0.3 is 0 Å². The number of amides is 1. The van der Waals surface area contributed by atoms with Crippen LogP contribution in [-0.4, -0.2) is 25.0 Å². The second-order valence-corrected chi connectivity index (χ2v) is 6.03. The molecule has 0 aliphatic heterocycles. The minimum atomic E-state index is -0.451. The molecule has 3 rings (SSSR count). The van der Waals surface area contributed by atoms with Crippen LogP contribution in [0.1, 0.15) is 17.4 Å². The number of nitrogens with zero attached hydrogens (tertiary/aromatic N) is 1. The summed E-state index contributed by atoms with van der Waals surface area (Å²) in [4.78, 5) is 15.0. The Labute approximate surface area is 153 Å². The number of rotatable bonds is 7. The highest BCUT2D eigenvalue weighted by molar-refractivity contribution is 5.95. The van der Waals surface area contributed by atoms with Crippen molar-refractivity contribution in [2.45, 2.75) is 12.6 Å². The first-order chi connectivity index (χ1) is 12.7. The number of benzene rings is 2. The summed E-state index contributed by atoms with van der Waals surface area (Å²) in [6, 6.07) is 20.3. The number of carbonyl (C=O) groups is 1. The lowest BCUT2D eigenvalue weighted by Crippen LogP contribution is -2.34. The lowest BCUT2D eigenvalue weighted by Gasteiger charge is -2.27. The smallest absolute Gasteiger partial charge is 0.246 e. The highest BCUT2D eigenvalue weighted by Gasteiger charge is 2.26. The molecule has 2 aromatic carbocycles. The van der Waals surface area contributed by atoms with Gasteiger partial charge in [0.15, 0.2) is 0 Å². The van der Waals surface area contributed by atoms with Crippen molar-refractivity contribution in [3.8, 4) is 5.75 Å². The van der Waals surface area contributed by atoms with Gasteiger partial charge in [-0.15, -0.1) is 0 Å². The molecule has 0 spiro atoms. The van der Waals surface area contributed by atoms with Crippen LogP contribution in [-0.2, 0) is 11.3 Å². The fourth-order valence-corrected chi connectivity index (χ4v) is 2.89. The van der Waals surface area contributed by atoms with E-state index in [0.717, 1.165) is 11.3 Å². The highest BCUT2D eigenvalue weighted by atomic mass is 16.5. The standard InChI is InChI=1S/C21H22N2O3/c1-23(15-19-12-7-13-26-19)20(16-8-4-3-5-9-16)21(24)22-17-10-6-11-18(14-17)25-2/h3-14,20H,15H2,1-2H3,(H,22,24). The van der Waals surface area contributed by atoms with Crippen LogP contribution in [0.15, 0.2) is 77.4 Å². The molecule has 26 heavy (non-hydrogen) atoms. The Balaban J connectivity index is 1.83. The topological polar surface area (TPSA) is 54.7 Å². The van der Waals surface area contributed by atoms with Gasteiger partial charge in [0.2, 0.25) is 5.91 Å². The molecule has 134 valence electrons. The second-order valence-electron chi connectivity index (χ2n) is 6.03. The van der Waals surface area contributed by atoms with Gasteiger partial charge in [0, 0.05) is 11.8 Å². The third kappa shape index (κ3) is 4.32. The zero-order valence-corrected chi connectivity index (χ0v) is 14.9. The summed E-state index contributed by atoms with van der Waals surface area (Å²) >= 11 is 0. The van der Waals surface area contributed by atoms with Crippen LogP contribution < -0.4 is 10.1 Å². The number of hydrogen-bond acceptors (Lipinski definition) is 4. The van der Waals surface area contributed by atoms with Crippen LogP contribution in [0.5, 0.6) is 5.75 Å². The Morgan fingerprint density at radius 2 is 1.92 bits per heavy atom. The third-order valence-electron chi connectivity index (χ3n) is 4.13. The van der Waals surface area contributed by atoms with Gasteiger partial charge in [-0.25, -0.2) is 0 Å². The molecule has 0 saturated heterocycles. The van der Waals surface area contributed by atoms with Crippen LogP contribution in [0.2, 0.25) is 0 Å². The maximum atomic E-state index is 13.1. The van der Waals surface area contributed by atoms with Crippen LogP contribution in [0.25, 0.3) is 0 Å². The van der Waals surface area contributed by atoms with Crippen molar-refractivity contribution < 1.29 is 13.9 Å². The van der Waals surface area contributed by atoms with E-state index < -0.39 is 6.04 Å². The third-order valence-corrected chi connectivity index (χ3v) is 4.13. The van der Waals surface area contributed by atoms with E-state index in [0.29, 0.717) is 18.0 Å². The first-order valence-electron chi connectivity index (χ1n) is 8.40. The summed E-state index contributed by atoms with van der Waals surface area (Å²) in [6.45, 7) is 0.526. The van der Waals surface area contributed by atoms with Gasteiger partial charge in [-0.05, 0) is 36.9 Å². The van der Waals surface area contributed by atoms with Gasteiger partial charge in [-0.3, -0.25) is 9.69 Å². The van der Waals surface area contributed by atoms with Crippen LogP contribution >= 0.6 is 0 Å². The van der Waals surface area contributed by atoms with Crippen LogP contribution in [0.3, 0.4) is 0 Å². The van der Waals surface area contributed by atoms with Gasteiger partial charge in [-0.2, -0.15) is 0 Å². The summed E-state index contributed by atoms with van der Waals surface area (Å²) in [5.41, 5.74) is 1.61. The quantitative estimate of drug-likeness (QED) is 0.697. The van der Waals surface area contributed by atoms with E-state index in [-0.39, 0.29) is 5.91 Å². The fraction of sp³-hybridized carbons (Fsp3) is 0.190. The normalized spacial score (nSPS) is 12.0. The SMILES string of the molecule is COc1cccc(NC(=O)C(c2ccccc2)N(C)Cc2ccco2)c1. The van der Waals surface area contributed by atoms with E-state index >= 15 is 0 Å². The van der Waals surface area contributed by atoms with Crippen molar-refractivity contribution in [1.29, 1.82) is 0 Å². The molecule has 1 N–H and O–H groups in total. The Kier molecular flexibility index (Phi) is 5.71. The average Bonchev–Trinajstić information content (AvgIpc) is 3.16. The van der Waals surface area contributed by atoms with Crippen molar-refractivity contribution in [2.24, 2.45) is 0 Å². The molecule has 3 aromatic rings. The molecule has 1 atom stereocenters. The van der Waals surface area contributed by atoms with Gasteiger partial charge in [0.25, 0.3) is 0 Å². The lowest BCUT2D eigenvalue weighted by atomic mass is 10.0. The first kappa shape index (κ1) is 17.8. The second kappa shape index (κ2) is 8.36. The highest BCUT2D eigenvalue weighted by Crippen LogP contribution is 2.24. The van der Waals surface area contributed by atoms with Crippen molar-refractivity contribution in [1.82, 2.24) is 4.90 Å². The van der Waals surface area contributed by atoms with Crippen molar-refractivity contribution in [3.05, 3.63) is 84.3 Å². The number of anilines is 1. The Morgan fingerprint density at radius 1 is 1.12 bits per heavy atom. The zero-order chi connectivity index (χ0) is 18.4. The number of methoxy groups -OCH3 is 1. The minimum Gasteiger partial charge on any atom is -0.497 e. The largest absolute Gasteiger partial charge is 0.497 e. The molecule has 0 aliphatic carbocycles. The molecule has 1 unspecified atom stereocenters. The van der Waals surface area contributed by atoms with Crippen molar-refractivity contribution >= 4 is 11.6 Å². The van der Waals surface area contributed by atoms with E-state index in [2.05, 4.69) is 5.32 Å². The molecule has 0 saturated carbocycles. The van der Waals surface area contributed by atoms with Crippen molar-refractivity contribution in [3.63, 3.8) is 0 Å². The number of nitrogens with one attached hydrogen (secondary N) is 1. The van der Waals surface area contributed by atoms with Crippen LogP contribution in [0.4, 0.5) is 5.69 Å². The van der Waals surface area contributed by atoms with E-state index in [9.17, 15) is 4.79 Å². The maximum Gasteiger partial charge on any atom is 0.246 e. The maximum absolute atomic E-state index is 13.1. The van der Waals surface area contributed by atoms with E-state index in [1.165, 1.54) is 0 Å². The first-order valence-corrected chi connectivity index (χ1v) is 8.40. The molecule has 0 bridgehead atoms. The Morgan fingerprint density at radius 3 is 2.62 bits per heavy atom. The van der Waals surface area contributed by atoms with Gasteiger partial charge in [0.1, 0.15) is 17.6 Å². The van der Waals surface area contributed by atoms with E-state index in [1.807, 2.05) is 72.6 Å². The molecule has 1 heterocycles. The molecular weight excluding hydrogens is 328 g/mol. The summed E-state index contributed by atoms with van der Waals surface area (Å²) in [6.07, 6.45) is 1.64. The molecule has 5 heteroatoms. The summed E-state index contributed by atoms with van der Waals surface area (Å²) in [5.74, 6) is 1.39. The van der Waals surface area contributed by atoms with Gasteiger partial charge < -0.3 is 14.5 Å². The fourth-order valence-electron chi connectivity index (χ4n) is 2.89. The Hall–Kier alpha value is -3.05. The number of ether oxygens (including phenoxy) is 1. The Bertz CT molecular complexity index is 831. The number of furan rings is 1. The molecule has 1 amide bonds. The lowest BCUT2D eigenvalue weighted by molar-refractivity contribution is -0.121. The van der Waals surface area contributed by atoms with Gasteiger partial charge in [0.05, 0.1) is 19.9 Å². The zero-order valence-electron chi connectivity index (χ0n) is 14.9. The average molecular weight is 350 g/mol.